The summed E-state index contributed by atoms with van der Waals surface area (Å²) in [5.74, 6) is 0.559. The van der Waals surface area contributed by atoms with Crippen molar-refractivity contribution in [2.24, 2.45) is 0 Å². The van der Waals surface area contributed by atoms with Gasteiger partial charge < -0.3 is 18.9 Å². The van der Waals surface area contributed by atoms with Crippen LogP contribution in [0.3, 0.4) is 0 Å². The van der Waals surface area contributed by atoms with Crippen molar-refractivity contribution in [2.75, 3.05) is 7.11 Å². The fourth-order valence-electron chi connectivity index (χ4n) is 2.57. The molecule has 1 N–H and O–H groups in total. The summed E-state index contributed by atoms with van der Waals surface area (Å²) in [6.07, 6.45) is 3.02. The number of allylic oxidation sites excluding steroid dienone is 1. The first-order chi connectivity index (χ1) is 11.1. The summed E-state index contributed by atoms with van der Waals surface area (Å²) in [4.78, 5) is 26.1. The van der Waals surface area contributed by atoms with Crippen LogP contribution in [0.25, 0.3) is 0 Å². The van der Waals surface area contributed by atoms with Gasteiger partial charge in [0.15, 0.2) is 0 Å². The van der Waals surface area contributed by atoms with E-state index in [1.54, 1.807) is 31.2 Å². The van der Waals surface area contributed by atoms with Crippen LogP contribution in [0.4, 0.5) is 4.79 Å². The van der Waals surface area contributed by atoms with Crippen molar-refractivity contribution >= 4 is 12.0 Å². The molecule has 2 aromatic rings. The fraction of sp³-hybridized carbons (Fsp3) is 0.250. The molecular weight excluding hydrogens is 300 g/mol. The standard InChI is InChI=1S/C16H16N2O5/c1-10-13(15(19)21-2)14(12-6-4-8-23-12)17-16(20)18(10)9-11-5-3-7-22-11/h3-8,14H,9H2,1-2H3,(H,17,20)/t14-/m1/s1. The Hall–Kier alpha value is -2.96. The summed E-state index contributed by atoms with van der Waals surface area (Å²) in [6.45, 7) is 1.92. The molecule has 0 saturated heterocycles. The number of furan rings is 2. The van der Waals surface area contributed by atoms with Crippen molar-refractivity contribution in [3.05, 3.63) is 59.6 Å². The van der Waals surface area contributed by atoms with E-state index in [9.17, 15) is 9.59 Å². The van der Waals surface area contributed by atoms with Crippen molar-refractivity contribution in [1.29, 1.82) is 0 Å². The van der Waals surface area contributed by atoms with E-state index < -0.39 is 12.0 Å². The summed E-state index contributed by atoms with van der Waals surface area (Å²) in [6, 6.07) is 5.87. The monoisotopic (exact) mass is 316 g/mol. The minimum atomic E-state index is -0.683. The molecule has 0 aromatic carbocycles. The molecule has 0 fully saturated rings. The third kappa shape index (κ3) is 2.73. The second-order valence-electron chi connectivity index (χ2n) is 5.05. The molecule has 2 aromatic heterocycles. The maximum Gasteiger partial charge on any atom is 0.338 e. The molecule has 0 bridgehead atoms. The molecule has 0 aliphatic carbocycles. The molecule has 1 aliphatic heterocycles. The number of carbonyl (C=O) groups excluding carboxylic acids is 2. The van der Waals surface area contributed by atoms with Crippen molar-refractivity contribution in [3.8, 4) is 0 Å². The lowest BCUT2D eigenvalue weighted by Gasteiger charge is -2.33. The highest BCUT2D eigenvalue weighted by atomic mass is 16.5. The third-order valence-electron chi connectivity index (χ3n) is 3.72. The van der Waals surface area contributed by atoms with Gasteiger partial charge in [0, 0.05) is 5.70 Å². The van der Waals surface area contributed by atoms with Crippen LogP contribution in [-0.4, -0.2) is 24.0 Å². The van der Waals surface area contributed by atoms with Crippen LogP contribution in [0.1, 0.15) is 24.5 Å². The van der Waals surface area contributed by atoms with Gasteiger partial charge in [0.1, 0.15) is 17.6 Å². The van der Waals surface area contributed by atoms with Gasteiger partial charge in [-0.05, 0) is 31.2 Å². The lowest BCUT2D eigenvalue weighted by atomic mass is 10.00. The maximum atomic E-state index is 12.4. The largest absolute Gasteiger partial charge is 0.467 e. The molecule has 120 valence electrons. The Labute approximate surface area is 132 Å². The second-order valence-corrected chi connectivity index (χ2v) is 5.05. The zero-order valence-electron chi connectivity index (χ0n) is 12.7. The van der Waals surface area contributed by atoms with Crippen LogP contribution in [0, 0.1) is 0 Å². The molecule has 1 aliphatic rings. The van der Waals surface area contributed by atoms with Crippen molar-refractivity contribution in [3.63, 3.8) is 0 Å². The summed E-state index contributed by atoms with van der Waals surface area (Å²) < 4.78 is 15.5. The minimum absolute atomic E-state index is 0.218. The molecule has 7 heteroatoms. The van der Waals surface area contributed by atoms with Gasteiger partial charge in [-0.25, -0.2) is 9.59 Å². The maximum absolute atomic E-state index is 12.4. The zero-order chi connectivity index (χ0) is 16.4. The molecule has 1 atom stereocenters. The van der Waals surface area contributed by atoms with Gasteiger partial charge in [-0.2, -0.15) is 0 Å². The number of urea groups is 1. The summed E-state index contributed by atoms with van der Waals surface area (Å²) in [7, 11) is 1.30. The molecule has 7 nitrogen and oxygen atoms in total. The Morgan fingerprint density at radius 1 is 1.30 bits per heavy atom. The van der Waals surface area contributed by atoms with E-state index in [0.29, 0.717) is 22.8 Å². The van der Waals surface area contributed by atoms with Gasteiger partial charge >= 0.3 is 12.0 Å². The number of rotatable bonds is 4. The summed E-state index contributed by atoms with van der Waals surface area (Å²) in [5, 5.41) is 2.77. The Balaban J connectivity index is 2.01. The topological polar surface area (TPSA) is 84.9 Å². The average Bonchev–Trinajstić information content (AvgIpc) is 3.23. The van der Waals surface area contributed by atoms with Gasteiger partial charge in [0.2, 0.25) is 0 Å². The van der Waals surface area contributed by atoms with E-state index in [-0.39, 0.29) is 12.6 Å². The molecule has 23 heavy (non-hydrogen) atoms. The summed E-state index contributed by atoms with van der Waals surface area (Å²) >= 11 is 0. The van der Waals surface area contributed by atoms with E-state index in [2.05, 4.69) is 5.32 Å². The normalized spacial score (nSPS) is 18.1. The number of amides is 2. The van der Waals surface area contributed by atoms with Gasteiger partial charge in [-0.3, -0.25) is 4.90 Å². The van der Waals surface area contributed by atoms with Crippen LogP contribution in [-0.2, 0) is 16.1 Å². The fourth-order valence-corrected chi connectivity index (χ4v) is 2.57. The molecule has 2 amide bonds. The summed E-state index contributed by atoms with van der Waals surface area (Å²) in [5.41, 5.74) is 0.826. The smallest absolute Gasteiger partial charge is 0.338 e. The number of hydrogen-bond acceptors (Lipinski definition) is 5. The first-order valence-electron chi connectivity index (χ1n) is 7.04. The van der Waals surface area contributed by atoms with E-state index in [4.69, 9.17) is 13.6 Å². The Morgan fingerprint density at radius 2 is 2.04 bits per heavy atom. The Bertz CT molecular complexity index is 731. The number of methoxy groups -OCH3 is 1. The van der Waals surface area contributed by atoms with Crippen LogP contribution in [0.15, 0.2) is 56.9 Å². The zero-order valence-corrected chi connectivity index (χ0v) is 12.7. The number of carbonyl (C=O) groups is 2. The van der Waals surface area contributed by atoms with Crippen LogP contribution in [0.2, 0.25) is 0 Å². The molecule has 0 unspecified atom stereocenters. The van der Waals surface area contributed by atoms with Crippen LogP contribution < -0.4 is 5.32 Å². The predicted molar refractivity (Wildman–Crippen MR) is 78.9 cm³/mol. The van der Waals surface area contributed by atoms with Crippen molar-refractivity contribution < 1.29 is 23.2 Å². The number of esters is 1. The first kappa shape index (κ1) is 15.0. The molecule has 0 spiro atoms. The van der Waals surface area contributed by atoms with Crippen molar-refractivity contribution in [1.82, 2.24) is 10.2 Å². The highest BCUT2D eigenvalue weighted by molar-refractivity contribution is 5.94. The van der Waals surface area contributed by atoms with E-state index in [1.165, 1.54) is 24.5 Å². The first-order valence-corrected chi connectivity index (χ1v) is 7.04. The molecule has 0 saturated carbocycles. The molecule has 0 radical (unpaired) electrons. The van der Waals surface area contributed by atoms with Gasteiger partial charge in [-0.15, -0.1) is 0 Å². The lowest BCUT2D eigenvalue weighted by Crippen LogP contribution is -2.47. The van der Waals surface area contributed by atoms with Crippen LogP contribution >= 0.6 is 0 Å². The predicted octanol–water partition coefficient (Wildman–Crippen LogP) is 2.59. The SMILES string of the molecule is COC(=O)C1=C(C)N(Cc2ccco2)C(=O)N[C@@H]1c1ccco1. The quantitative estimate of drug-likeness (QED) is 0.876. The van der Waals surface area contributed by atoms with E-state index in [0.717, 1.165) is 0 Å². The second kappa shape index (κ2) is 6.04. The van der Waals surface area contributed by atoms with Crippen LogP contribution in [0.5, 0.6) is 0 Å². The van der Waals surface area contributed by atoms with Crippen molar-refractivity contribution in [2.45, 2.75) is 19.5 Å². The average molecular weight is 316 g/mol. The molecule has 3 rings (SSSR count). The molecular formula is C16H16N2O5. The van der Waals surface area contributed by atoms with E-state index in [1.807, 2.05) is 0 Å². The highest BCUT2D eigenvalue weighted by Gasteiger charge is 2.37. The third-order valence-corrected chi connectivity index (χ3v) is 3.72. The number of ether oxygens (including phenoxy) is 1. The van der Waals surface area contributed by atoms with E-state index >= 15 is 0 Å². The number of nitrogens with one attached hydrogen (secondary N) is 1. The molecule has 3 heterocycles. The van der Waals surface area contributed by atoms with Gasteiger partial charge in [0.05, 0.1) is 31.8 Å². The van der Waals surface area contributed by atoms with Gasteiger partial charge in [0.25, 0.3) is 0 Å². The lowest BCUT2D eigenvalue weighted by molar-refractivity contribution is -0.136. The minimum Gasteiger partial charge on any atom is -0.467 e. The number of hydrogen-bond donors (Lipinski definition) is 1. The highest BCUT2D eigenvalue weighted by Crippen LogP contribution is 2.32. The van der Waals surface area contributed by atoms with Gasteiger partial charge in [-0.1, -0.05) is 0 Å². The Morgan fingerprint density at radius 3 is 2.65 bits per heavy atom. The Kier molecular flexibility index (Phi) is 3.92. The number of nitrogens with zero attached hydrogens (tertiary/aromatic N) is 1.